The maximum absolute atomic E-state index is 11.9. The van der Waals surface area contributed by atoms with Crippen LogP contribution in [0.3, 0.4) is 0 Å². The molecule has 0 aromatic carbocycles. The van der Waals surface area contributed by atoms with Crippen LogP contribution in [0, 0.1) is 10.8 Å². The minimum absolute atomic E-state index is 0.357. The van der Waals surface area contributed by atoms with Gasteiger partial charge in [-0.05, 0) is 34.1 Å². The van der Waals surface area contributed by atoms with E-state index >= 15 is 0 Å². The lowest BCUT2D eigenvalue weighted by Crippen LogP contribution is -2.46. The Morgan fingerprint density at radius 3 is 1.95 bits per heavy atom. The summed E-state index contributed by atoms with van der Waals surface area (Å²) < 4.78 is 15.6. The molecule has 0 aromatic heterocycles. The van der Waals surface area contributed by atoms with Crippen molar-refractivity contribution < 1.29 is 23.8 Å². The third-order valence-electron chi connectivity index (χ3n) is 4.26. The zero-order valence-corrected chi connectivity index (χ0v) is 14.7. The lowest BCUT2D eigenvalue weighted by Gasteiger charge is -2.40. The normalized spacial score (nSPS) is 13.0. The zero-order valence-electron chi connectivity index (χ0n) is 14.7. The third kappa shape index (κ3) is 5.65. The number of hydrogen-bond acceptors (Lipinski definition) is 5. The molecule has 0 N–H and O–H groups in total. The molecule has 0 aliphatic carbocycles. The third-order valence-corrected chi connectivity index (χ3v) is 4.26. The van der Waals surface area contributed by atoms with Crippen LogP contribution in [0.4, 0.5) is 0 Å². The smallest absolute Gasteiger partial charge is 0.344 e. The van der Waals surface area contributed by atoms with E-state index in [9.17, 15) is 9.59 Å². The van der Waals surface area contributed by atoms with Gasteiger partial charge >= 0.3 is 11.9 Å². The molecule has 21 heavy (non-hydrogen) atoms. The van der Waals surface area contributed by atoms with Crippen LogP contribution in [0.2, 0.25) is 0 Å². The highest BCUT2D eigenvalue weighted by atomic mass is 16.6. The minimum Gasteiger partial charge on any atom is -0.456 e. The molecule has 0 atom stereocenters. The molecule has 0 fully saturated rings. The van der Waals surface area contributed by atoms with Gasteiger partial charge in [0.1, 0.15) is 5.60 Å². The zero-order chi connectivity index (χ0) is 16.9. The molecule has 0 spiro atoms. The van der Waals surface area contributed by atoms with Gasteiger partial charge < -0.3 is 14.2 Å². The Balaban J connectivity index is 4.54. The summed E-state index contributed by atoms with van der Waals surface area (Å²) in [7, 11) is 1.61. The van der Waals surface area contributed by atoms with Crippen LogP contribution in [0.15, 0.2) is 0 Å². The maximum Gasteiger partial charge on any atom is 0.344 e. The molecule has 0 unspecified atom stereocenters. The SMILES string of the molecule is CCC(C)(C)C(=O)OCC(=O)OC(C)(C)C(C)(C)COC. The number of methoxy groups -OCH3 is 1. The summed E-state index contributed by atoms with van der Waals surface area (Å²) >= 11 is 0. The van der Waals surface area contributed by atoms with Crippen LogP contribution in [0.25, 0.3) is 0 Å². The van der Waals surface area contributed by atoms with Gasteiger partial charge in [-0.25, -0.2) is 4.79 Å². The van der Waals surface area contributed by atoms with Crippen molar-refractivity contribution in [3.05, 3.63) is 0 Å². The Morgan fingerprint density at radius 1 is 1.00 bits per heavy atom. The van der Waals surface area contributed by atoms with Crippen molar-refractivity contribution >= 4 is 11.9 Å². The van der Waals surface area contributed by atoms with E-state index in [1.807, 2.05) is 34.6 Å². The average molecular weight is 302 g/mol. The van der Waals surface area contributed by atoms with Crippen LogP contribution < -0.4 is 0 Å². The molecule has 0 bridgehead atoms. The topological polar surface area (TPSA) is 61.8 Å². The average Bonchev–Trinajstić information content (AvgIpc) is 2.34. The second-order valence-corrected chi connectivity index (χ2v) is 7.11. The number of hydrogen-bond donors (Lipinski definition) is 0. The van der Waals surface area contributed by atoms with Gasteiger partial charge in [0.05, 0.1) is 12.0 Å². The number of ether oxygens (including phenoxy) is 3. The van der Waals surface area contributed by atoms with Crippen LogP contribution in [0.1, 0.15) is 54.9 Å². The molecule has 0 aromatic rings. The van der Waals surface area contributed by atoms with Crippen molar-refractivity contribution in [1.82, 2.24) is 0 Å². The molecular formula is C16H30O5. The highest BCUT2D eigenvalue weighted by Crippen LogP contribution is 2.34. The summed E-state index contributed by atoms with van der Waals surface area (Å²) in [5, 5.41) is 0. The van der Waals surface area contributed by atoms with Crippen LogP contribution in [-0.4, -0.2) is 37.9 Å². The van der Waals surface area contributed by atoms with Gasteiger partial charge in [0.15, 0.2) is 6.61 Å². The summed E-state index contributed by atoms with van der Waals surface area (Å²) in [5.74, 6) is -0.944. The van der Waals surface area contributed by atoms with E-state index in [-0.39, 0.29) is 12.0 Å². The molecule has 0 saturated heterocycles. The van der Waals surface area contributed by atoms with Crippen molar-refractivity contribution in [3.63, 3.8) is 0 Å². The van der Waals surface area contributed by atoms with Crippen LogP contribution in [0.5, 0.6) is 0 Å². The Bertz CT molecular complexity index is 369. The van der Waals surface area contributed by atoms with Crippen LogP contribution >= 0.6 is 0 Å². The van der Waals surface area contributed by atoms with Gasteiger partial charge in [0.2, 0.25) is 0 Å². The van der Waals surface area contributed by atoms with E-state index in [1.165, 1.54) is 0 Å². The van der Waals surface area contributed by atoms with Gasteiger partial charge in [0.25, 0.3) is 0 Å². The van der Waals surface area contributed by atoms with E-state index in [1.54, 1.807) is 21.0 Å². The number of esters is 2. The Labute approximate surface area is 128 Å². The van der Waals surface area contributed by atoms with Crippen molar-refractivity contribution in [3.8, 4) is 0 Å². The Hall–Kier alpha value is -1.10. The minimum atomic E-state index is -0.729. The molecule has 124 valence electrons. The monoisotopic (exact) mass is 302 g/mol. The molecule has 5 heteroatoms. The Morgan fingerprint density at radius 2 is 1.52 bits per heavy atom. The quantitative estimate of drug-likeness (QED) is 0.645. The van der Waals surface area contributed by atoms with E-state index in [0.29, 0.717) is 13.0 Å². The predicted molar refractivity (Wildman–Crippen MR) is 80.9 cm³/mol. The first-order valence-electron chi connectivity index (χ1n) is 7.27. The van der Waals surface area contributed by atoms with Crippen molar-refractivity contribution in [2.75, 3.05) is 20.3 Å². The largest absolute Gasteiger partial charge is 0.456 e. The number of carbonyl (C=O) groups excluding carboxylic acids is 2. The fourth-order valence-corrected chi connectivity index (χ4v) is 1.45. The highest BCUT2D eigenvalue weighted by molar-refractivity contribution is 5.79. The highest BCUT2D eigenvalue weighted by Gasteiger charge is 2.40. The summed E-state index contributed by atoms with van der Waals surface area (Å²) in [6.07, 6.45) is 0.646. The van der Waals surface area contributed by atoms with Gasteiger partial charge in [-0.1, -0.05) is 20.8 Å². The fraction of sp³-hybridized carbons (Fsp3) is 0.875. The second-order valence-electron chi connectivity index (χ2n) is 7.11. The molecule has 0 amide bonds. The molecule has 0 radical (unpaired) electrons. The molecule has 0 rings (SSSR count). The van der Waals surface area contributed by atoms with E-state index in [0.717, 1.165) is 0 Å². The van der Waals surface area contributed by atoms with E-state index < -0.39 is 23.0 Å². The lowest BCUT2D eigenvalue weighted by atomic mass is 9.78. The van der Waals surface area contributed by atoms with E-state index in [4.69, 9.17) is 14.2 Å². The molecule has 0 saturated carbocycles. The molecule has 0 heterocycles. The molecule has 5 nitrogen and oxygen atoms in total. The van der Waals surface area contributed by atoms with Crippen molar-refractivity contribution in [2.45, 2.75) is 60.5 Å². The summed E-state index contributed by atoms with van der Waals surface area (Å²) in [6.45, 7) is 13.1. The van der Waals surface area contributed by atoms with Gasteiger partial charge in [-0.2, -0.15) is 0 Å². The first-order chi connectivity index (χ1) is 9.39. The molecule has 0 aliphatic rings. The van der Waals surface area contributed by atoms with Crippen LogP contribution in [-0.2, 0) is 23.8 Å². The number of carbonyl (C=O) groups is 2. The summed E-state index contributed by atoms with van der Waals surface area (Å²) in [5.41, 5.74) is -1.68. The first kappa shape index (κ1) is 19.9. The molecular weight excluding hydrogens is 272 g/mol. The van der Waals surface area contributed by atoms with Gasteiger partial charge in [0, 0.05) is 12.5 Å². The van der Waals surface area contributed by atoms with Crippen molar-refractivity contribution in [1.29, 1.82) is 0 Å². The fourth-order valence-electron chi connectivity index (χ4n) is 1.45. The van der Waals surface area contributed by atoms with Crippen molar-refractivity contribution in [2.24, 2.45) is 10.8 Å². The van der Waals surface area contributed by atoms with Gasteiger partial charge in [-0.15, -0.1) is 0 Å². The molecule has 0 aliphatic heterocycles. The lowest BCUT2D eigenvalue weighted by molar-refractivity contribution is -0.182. The number of rotatable bonds is 8. The van der Waals surface area contributed by atoms with Gasteiger partial charge in [-0.3, -0.25) is 4.79 Å². The first-order valence-corrected chi connectivity index (χ1v) is 7.27. The Kier molecular flexibility index (Phi) is 6.87. The summed E-state index contributed by atoms with van der Waals surface area (Å²) in [6, 6.07) is 0. The summed E-state index contributed by atoms with van der Waals surface area (Å²) in [4.78, 5) is 23.7. The standard InChI is InChI=1S/C16H30O5/c1-9-14(2,3)13(18)20-10-12(17)21-16(6,7)15(4,5)11-19-8/h9-11H2,1-8H3. The predicted octanol–water partition coefficient (Wildman–Crippen LogP) is 2.96. The second kappa shape index (κ2) is 7.25. The van der Waals surface area contributed by atoms with E-state index in [2.05, 4.69) is 0 Å². The maximum atomic E-state index is 11.9.